The largest absolute Gasteiger partial charge is 0.324 e. The molecule has 6 nitrogen and oxygen atoms in total. The third-order valence-electron chi connectivity index (χ3n) is 3.77. The standard InChI is InChI=1S/C17H16ClF2N5O/c1-11-15(18)16(17(19)20)23-25(11)10-14(26)22-13-5-2-4-12(8-13)9-24-7-3-6-21-24/h2-8,17H,9-10H2,1H3,(H,22,26). The van der Waals surface area contributed by atoms with Crippen LogP contribution in [0.5, 0.6) is 0 Å². The first-order valence-corrected chi connectivity index (χ1v) is 8.19. The average Bonchev–Trinajstić information content (AvgIpc) is 3.19. The van der Waals surface area contributed by atoms with Crippen molar-refractivity contribution in [2.45, 2.75) is 26.4 Å². The van der Waals surface area contributed by atoms with Crippen LogP contribution in [0.2, 0.25) is 5.02 Å². The summed E-state index contributed by atoms with van der Waals surface area (Å²) in [6, 6.07) is 9.14. The lowest BCUT2D eigenvalue weighted by atomic mass is 10.2. The van der Waals surface area contributed by atoms with Crippen molar-refractivity contribution in [2.75, 3.05) is 5.32 Å². The Labute approximate surface area is 153 Å². The summed E-state index contributed by atoms with van der Waals surface area (Å²) in [6.07, 6.45) is 0.747. The van der Waals surface area contributed by atoms with Crippen LogP contribution in [0.15, 0.2) is 42.7 Å². The zero-order chi connectivity index (χ0) is 18.7. The first kappa shape index (κ1) is 18.1. The van der Waals surface area contributed by atoms with Gasteiger partial charge in [-0.3, -0.25) is 14.2 Å². The highest BCUT2D eigenvalue weighted by Gasteiger charge is 2.21. The van der Waals surface area contributed by atoms with Crippen molar-refractivity contribution in [3.8, 4) is 0 Å². The third-order valence-corrected chi connectivity index (χ3v) is 4.24. The van der Waals surface area contributed by atoms with Gasteiger partial charge in [0, 0.05) is 18.1 Å². The Kier molecular flexibility index (Phi) is 5.32. The van der Waals surface area contributed by atoms with Crippen LogP contribution >= 0.6 is 11.6 Å². The van der Waals surface area contributed by atoms with E-state index in [0.29, 0.717) is 17.9 Å². The molecule has 0 spiro atoms. The quantitative estimate of drug-likeness (QED) is 0.710. The van der Waals surface area contributed by atoms with E-state index in [4.69, 9.17) is 11.6 Å². The van der Waals surface area contributed by atoms with E-state index < -0.39 is 12.1 Å². The van der Waals surface area contributed by atoms with Crippen LogP contribution in [-0.4, -0.2) is 25.5 Å². The number of benzene rings is 1. The molecule has 3 aromatic rings. The van der Waals surface area contributed by atoms with Gasteiger partial charge in [-0.1, -0.05) is 23.7 Å². The van der Waals surface area contributed by atoms with Crippen molar-refractivity contribution in [1.82, 2.24) is 19.6 Å². The van der Waals surface area contributed by atoms with Crippen molar-refractivity contribution < 1.29 is 13.6 Å². The summed E-state index contributed by atoms with van der Waals surface area (Å²) in [6.45, 7) is 1.91. The summed E-state index contributed by atoms with van der Waals surface area (Å²) in [7, 11) is 0. The molecule has 0 aliphatic rings. The van der Waals surface area contributed by atoms with E-state index >= 15 is 0 Å². The monoisotopic (exact) mass is 379 g/mol. The van der Waals surface area contributed by atoms with E-state index in [-0.39, 0.29) is 17.5 Å². The maximum absolute atomic E-state index is 12.8. The fraction of sp³-hybridized carbons (Fsp3) is 0.235. The molecule has 0 unspecified atom stereocenters. The Hall–Kier alpha value is -2.74. The number of carbonyl (C=O) groups excluding carboxylic acids is 1. The van der Waals surface area contributed by atoms with Gasteiger partial charge in [0.1, 0.15) is 12.2 Å². The molecule has 0 radical (unpaired) electrons. The summed E-state index contributed by atoms with van der Waals surface area (Å²) >= 11 is 5.84. The molecule has 2 aromatic heterocycles. The molecular formula is C17H16ClF2N5O. The highest BCUT2D eigenvalue weighted by atomic mass is 35.5. The molecule has 0 fully saturated rings. The lowest BCUT2D eigenvalue weighted by Gasteiger charge is -2.09. The van der Waals surface area contributed by atoms with E-state index in [1.807, 2.05) is 30.5 Å². The van der Waals surface area contributed by atoms with Crippen LogP contribution in [0, 0.1) is 6.92 Å². The fourth-order valence-electron chi connectivity index (χ4n) is 2.51. The predicted octanol–water partition coefficient (Wildman–Crippen LogP) is 3.67. The third kappa shape index (κ3) is 4.08. The first-order chi connectivity index (χ1) is 12.4. The molecule has 0 saturated carbocycles. The summed E-state index contributed by atoms with van der Waals surface area (Å²) in [4.78, 5) is 12.2. The molecule has 1 N–H and O–H groups in total. The molecule has 9 heteroatoms. The molecule has 0 aliphatic carbocycles. The molecule has 0 saturated heterocycles. The van der Waals surface area contributed by atoms with Crippen molar-refractivity contribution in [1.29, 1.82) is 0 Å². The van der Waals surface area contributed by atoms with Crippen molar-refractivity contribution in [2.24, 2.45) is 0 Å². The summed E-state index contributed by atoms with van der Waals surface area (Å²) in [5, 5.41) is 10.5. The topological polar surface area (TPSA) is 64.7 Å². The molecule has 1 aromatic carbocycles. The maximum Gasteiger partial charge on any atom is 0.283 e. The van der Waals surface area contributed by atoms with Gasteiger partial charge < -0.3 is 5.32 Å². The number of aromatic nitrogens is 4. The Morgan fingerprint density at radius 2 is 2.15 bits per heavy atom. The van der Waals surface area contributed by atoms with Crippen LogP contribution in [0.3, 0.4) is 0 Å². The van der Waals surface area contributed by atoms with Crippen LogP contribution in [0.1, 0.15) is 23.4 Å². The number of rotatable bonds is 6. The number of hydrogen-bond acceptors (Lipinski definition) is 3. The number of carbonyl (C=O) groups is 1. The number of nitrogens with zero attached hydrogens (tertiary/aromatic N) is 4. The van der Waals surface area contributed by atoms with Gasteiger partial charge in [0.25, 0.3) is 6.43 Å². The lowest BCUT2D eigenvalue weighted by Crippen LogP contribution is -2.20. The summed E-state index contributed by atoms with van der Waals surface area (Å²) in [5.41, 5.74) is 1.37. The van der Waals surface area contributed by atoms with Gasteiger partial charge in [-0.2, -0.15) is 10.2 Å². The molecule has 0 atom stereocenters. The van der Waals surface area contributed by atoms with Crippen LogP contribution in [0.25, 0.3) is 0 Å². The minimum Gasteiger partial charge on any atom is -0.324 e. The Bertz CT molecular complexity index is 908. The lowest BCUT2D eigenvalue weighted by molar-refractivity contribution is -0.117. The van der Waals surface area contributed by atoms with E-state index in [0.717, 1.165) is 5.56 Å². The predicted molar refractivity (Wildman–Crippen MR) is 93.3 cm³/mol. The molecular weight excluding hydrogens is 364 g/mol. The molecule has 0 bridgehead atoms. The highest BCUT2D eigenvalue weighted by molar-refractivity contribution is 6.31. The van der Waals surface area contributed by atoms with Crippen molar-refractivity contribution >= 4 is 23.2 Å². The molecule has 26 heavy (non-hydrogen) atoms. The summed E-state index contributed by atoms with van der Waals surface area (Å²) < 4.78 is 28.6. The first-order valence-electron chi connectivity index (χ1n) is 7.81. The van der Waals surface area contributed by atoms with E-state index in [2.05, 4.69) is 15.5 Å². The summed E-state index contributed by atoms with van der Waals surface area (Å²) in [5.74, 6) is -0.385. The van der Waals surface area contributed by atoms with Gasteiger partial charge in [-0.25, -0.2) is 8.78 Å². The van der Waals surface area contributed by atoms with Crippen molar-refractivity contribution in [3.05, 3.63) is 64.7 Å². The number of alkyl halides is 2. The minimum atomic E-state index is -2.79. The number of nitrogens with one attached hydrogen (secondary N) is 1. The van der Waals surface area contributed by atoms with Crippen LogP contribution < -0.4 is 5.32 Å². The Balaban J connectivity index is 1.68. The van der Waals surface area contributed by atoms with Gasteiger partial charge >= 0.3 is 0 Å². The highest BCUT2D eigenvalue weighted by Crippen LogP contribution is 2.28. The average molecular weight is 380 g/mol. The zero-order valence-electron chi connectivity index (χ0n) is 13.9. The second-order valence-electron chi connectivity index (χ2n) is 5.70. The van der Waals surface area contributed by atoms with E-state index in [9.17, 15) is 13.6 Å². The smallest absolute Gasteiger partial charge is 0.283 e. The second kappa shape index (κ2) is 7.65. The molecule has 3 rings (SSSR count). The van der Waals surface area contributed by atoms with Crippen LogP contribution in [-0.2, 0) is 17.9 Å². The number of hydrogen-bond donors (Lipinski definition) is 1. The second-order valence-corrected chi connectivity index (χ2v) is 6.07. The van der Waals surface area contributed by atoms with E-state index in [1.165, 1.54) is 4.68 Å². The minimum absolute atomic E-state index is 0.117. The van der Waals surface area contributed by atoms with E-state index in [1.54, 1.807) is 23.9 Å². The Morgan fingerprint density at radius 1 is 1.35 bits per heavy atom. The molecule has 1 amide bonds. The number of halogens is 3. The van der Waals surface area contributed by atoms with Crippen molar-refractivity contribution in [3.63, 3.8) is 0 Å². The SMILES string of the molecule is Cc1c(Cl)c(C(F)F)nn1CC(=O)Nc1cccc(Cn2cccn2)c1. The van der Waals surface area contributed by atoms with Crippen LogP contribution in [0.4, 0.5) is 14.5 Å². The fourth-order valence-corrected chi connectivity index (χ4v) is 2.72. The molecule has 2 heterocycles. The maximum atomic E-state index is 12.8. The van der Waals surface area contributed by atoms with Gasteiger partial charge in [-0.15, -0.1) is 0 Å². The Morgan fingerprint density at radius 3 is 2.81 bits per heavy atom. The zero-order valence-corrected chi connectivity index (χ0v) is 14.6. The number of anilines is 1. The molecule has 0 aliphatic heterocycles. The van der Waals surface area contributed by atoms with Gasteiger partial charge in [0.2, 0.25) is 5.91 Å². The number of amides is 1. The normalized spacial score (nSPS) is 11.1. The van der Waals surface area contributed by atoms with Gasteiger partial charge in [-0.05, 0) is 30.7 Å². The molecule has 136 valence electrons. The van der Waals surface area contributed by atoms with Gasteiger partial charge in [0.15, 0.2) is 0 Å². The van der Waals surface area contributed by atoms with Gasteiger partial charge in [0.05, 0.1) is 17.3 Å².